The molecular weight excluding hydrogens is 639 g/mol. The van der Waals surface area contributed by atoms with Crippen LogP contribution in [0.1, 0.15) is 56.0 Å². The molecule has 17 heteroatoms. The van der Waals surface area contributed by atoms with Gasteiger partial charge in [-0.1, -0.05) is 0 Å². The maximum Gasteiger partial charge on any atom is 0.408 e. The molecule has 0 aliphatic heterocycles. The van der Waals surface area contributed by atoms with Crippen molar-refractivity contribution in [2.45, 2.75) is 69.7 Å². The third-order valence-corrected chi connectivity index (χ3v) is 8.59. The Morgan fingerprint density at radius 3 is 2.33 bits per heavy atom. The van der Waals surface area contributed by atoms with E-state index in [-0.39, 0.29) is 18.4 Å². The molecule has 3 aliphatic rings. The van der Waals surface area contributed by atoms with Crippen molar-refractivity contribution in [3.05, 3.63) is 45.7 Å². The lowest BCUT2D eigenvalue weighted by molar-refractivity contribution is -0.148. The highest BCUT2D eigenvalue weighted by Crippen LogP contribution is 2.53. The zero-order valence-corrected chi connectivity index (χ0v) is 26.7. The molecule has 16 nitrogen and oxygen atoms in total. The van der Waals surface area contributed by atoms with Crippen molar-refractivity contribution in [1.29, 1.82) is 0 Å². The van der Waals surface area contributed by atoms with Gasteiger partial charge in [-0.2, -0.15) is 0 Å². The molecule has 1 aromatic rings. The number of hydrogen-bond acceptors (Lipinski definition) is 12. The number of fused-ring (bicyclic) bond motifs is 3. The number of primary amides is 1. The number of phenolic OH excluding ortho intramolecular Hbond substituents is 1. The molecule has 4 rings (SSSR count). The third-order valence-electron chi connectivity index (χ3n) is 8.59. The number of phenols is 1. The number of aromatic hydroxyl groups is 1. The largest absolute Gasteiger partial charge is 0.510 e. The lowest BCUT2D eigenvalue weighted by Crippen LogP contribution is -2.63. The number of carbonyl (C=O) groups excluding carboxylic acids is 5. The van der Waals surface area contributed by atoms with Crippen LogP contribution in [0.3, 0.4) is 0 Å². The number of nitrogens with one attached hydrogen (secondary N) is 2. The molecule has 0 aromatic heterocycles. The monoisotopic (exact) mass is 676 g/mol. The Hall–Kier alpha value is -5.03. The number of aliphatic carboxylic acids is 1. The average Bonchev–Trinajstić information content (AvgIpc) is 2.94. The predicted octanol–water partition coefficient (Wildman–Crippen LogP) is 0.956. The number of amides is 3. The molecule has 0 fully saturated rings. The van der Waals surface area contributed by atoms with Crippen LogP contribution in [0.5, 0.6) is 5.75 Å². The second kappa shape index (κ2) is 12.5. The summed E-state index contributed by atoms with van der Waals surface area (Å²) in [6, 6.07) is -2.01. The van der Waals surface area contributed by atoms with Gasteiger partial charge in [0.2, 0.25) is 11.7 Å². The first kappa shape index (κ1) is 35.8. The molecule has 5 atom stereocenters. The van der Waals surface area contributed by atoms with Crippen LogP contribution in [0, 0.1) is 17.7 Å². The fourth-order valence-electron chi connectivity index (χ4n) is 6.56. The number of hydrogen-bond donors (Lipinski definition) is 8. The summed E-state index contributed by atoms with van der Waals surface area (Å²) in [4.78, 5) is 77.1. The molecule has 0 unspecified atom stereocenters. The number of nitrogens with zero attached hydrogens (tertiary/aromatic N) is 1. The molecule has 0 radical (unpaired) electrons. The van der Waals surface area contributed by atoms with Crippen LogP contribution >= 0.6 is 0 Å². The van der Waals surface area contributed by atoms with Crippen molar-refractivity contribution < 1.29 is 63.4 Å². The highest BCUT2D eigenvalue weighted by molar-refractivity contribution is 6.25. The number of halogens is 1. The zero-order valence-electron chi connectivity index (χ0n) is 26.7. The molecule has 0 spiro atoms. The van der Waals surface area contributed by atoms with Gasteiger partial charge in [0.15, 0.2) is 17.1 Å². The van der Waals surface area contributed by atoms with Crippen LogP contribution in [0.4, 0.5) is 14.9 Å². The Morgan fingerprint density at radius 1 is 1.17 bits per heavy atom. The Kier molecular flexibility index (Phi) is 9.35. The first-order valence-corrected chi connectivity index (χ1v) is 14.8. The minimum Gasteiger partial charge on any atom is -0.510 e. The molecule has 260 valence electrons. The average molecular weight is 677 g/mol. The third kappa shape index (κ3) is 6.17. The van der Waals surface area contributed by atoms with Crippen LogP contribution in [-0.2, 0) is 30.3 Å². The van der Waals surface area contributed by atoms with E-state index in [4.69, 9.17) is 10.5 Å². The summed E-state index contributed by atoms with van der Waals surface area (Å²) in [7, 11) is 2.94. The summed E-state index contributed by atoms with van der Waals surface area (Å²) in [5, 5.41) is 58.7. The van der Waals surface area contributed by atoms with Gasteiger partial charge in [0.05, 0.1) is 17.3 Å². The minimum atomic E-state index is -2.89. The molecule has 3 aliphatic carbocycles. The van der Waals surface area contributed by atoms with Gasteiger partial charge in [-0.15, -0.1) is 0 Å². The van der Waals surface area contributed by atoms with Gasteiger partial charge in [0.25, 0.3) is 5.91 Å². The highest BCUT2D eigenvalue weighted by Gasteiger charge is 2.63. The molecule has 0 bridgehead atoms. The van der Waals surface area contributed by atoms with Crippen molar-refractivity contribution in [2.24, 2.45) is 17.6 Å². The number of benzene rings is 1. The van der Waals surface area contributed by atoms with Crippen molar-refractivity contribution >= 4 is 41.1 Å². The number of ketones is 2. The van der Waals surface area contributed by atoms with Gasteiger partial charge in [0.1, 0.15) is 34.6 Å². The zero-order chi connectivity index (χ0) is 36.2. The Balaban J connectivity index is 1.65. The first-order chi connectivity index (χ1) is 22.1. The van der Waals surface area contributed by atoms with Gasteiger partial charge >= 0.3 is 12.1 Å². The van der Waals surface area contributed by atoms with Crippen molar-refractivity contribution in [1.82, 2.24) is 10.2 Å². The summed E-state index contributed by atoms with van der Waals surface area (Å²) in [5.74, 6) is -12.5. The van der Waals surface area contributed by atoms with Crippen LogP contribution in [-0.4, -0.2) is 103 Å². The van der Waals surface area contributed by atoms with Gasteiger partial charge < -0.3 is 46.6 Å². The van der Waals surface area contributed by atoms with Crippen molar-refractivity contribution in [3.63, 3.8) is 0 Å². The van der Waals surface area contributed by atoms with Crippen LogP contribution in [0.2, 0.25) is 0 Å². The van der Waals surface area contributed by atoms with E-state index in [1.165, 1.54) is 19.0 Å². The second-order valence-corrected chi connectivity index (χ2v) is 13.2. The number of aliphatic hydroxyl groups is 3. The SMILES string of the molecule is CN(C)[C@@H]1C(O)=C(C(N)=O)C(=O)[C@@]2(O)C(O)=C3C(=O)c4c(O)c(NC(=O)CC[C@H](NC(=O)OC(C)(C)C)C(=O)O)cc(F)c4C[C@H]3C[C@@H]12. The smallest absolute Gasteiger partial charge is 0.408 e. The maximum absolute atomic E-state index is 15.5. The number of allylic oxidation sites excluding steroid dienone is 1. The number of likely N-dealkylation sites (N-methyl/N-ethyl adjacent to an activating group) is 1. The minimum absolute atomic E-state index is 0.244. The number of Topliss-reactive ketones (excluding diaryl/α,β-unsaturated/α-hetero) is 2. The van der Waals surface area contributed by atoms with Crippen LogP contribution in [0.25, 0.3) is 0 Å². The fraction of sp³-hybridized carbons (Fsp3) is 0.484. The first-order valence-electron chi connectivity index (χ1n) is 14.8. The number of carboxylic acids is 1. The summed E-state index contributed by atoms with van der Waals surface area (Å²) in [5.41, 5.74) is -1.52. The molecule has 9 N–H and O–H groups in total. The number of carboxylic acid groups (broad SMARTS) is 1. The second-order valence-electron chi connectivity index (χ2n) is 13.2. The van der Waals surface area contributed by atoms with E-state index in [1.807, 2.05) is 0 Å². The Morgan fingerprint density at radius 2 is 1.79 bits per heavy atom. The summed E-state index contributed by atoms with van der Waals surface area (Å²) >= 11 is 0. The number of nitrogens with two attached hydrogens (primary N) is 1. The van der Waals surface area contributed by atoms with E-state index in [0.717, 1.165) is 6.07 Å². The Labute approximate surface area is 273 Å². The summed E-state index contributed by atoms with van der Waals surface area (Å²) < 4.78 is 20.5. The number of ether oxygens (including phenoxy) is 1. The number of rotatable bonds is 8. The van der Waals surface area contributed by atoms with E-state index in [2.05, 4.69) is 10.6 Å². The highest BCUT2D eigenvalue weighted by atomic mass is 19.1. The van der Waals surface area contributed by atoms with Crippen molar-refractivity contribution in [3.8, 4) is 5.75 Å². The van der Waals surface area contributed by atoms with E-state index in [1.54, 1.807) is 20.8 Å². The van der Waals surface area contributed by atoms with Crippen LogP contribution < -0.4 is 16.4 Å². The molecule has 0 saturated heterocycles. The van der Waals surface area contributed by atoms with E-state index >= 15 is 4.39 Å². The number of alkyl carbamates (subject to hydrolysis) is 1. The Bertz CT molecular complexity index is 1690. The lowest BCUT2D eigenvalue weighted by atomic mass is 9.58. The fourth-order valence-corrected chi connectivity index (χ4v) is 6.56. The van der Waals surface area contributed by atoms with Gasteiger partial charge in [0, 0.05) is 29.5 Å². The van der Waals surface area contributed by atoms with Gasteiger partial charge in [-0.25, -0.2) is 14.0 Å². The van der Waals surface area contributed by atoms with E-state index in [9.17, 15) is 54.3 Å². The van der Waals surface area contributed by atoms with Gasteiger partial charge in [-0.3, -0.25) is 24.1 Å². The normalized spacial score (nSPS) is 24.4. The quantitative estimate of drug-likeness (QED) is 0.141. The van der Waals surface area contributed by atoms with E-state index < -0.39 is 129 Å². The maximum atomic E-state index is 15.5. The molecule has 1 aromatic carbocycles. The lowest BCUT2D eigenvalue weighted by Gasteiger charge is -2.50. The van der Waals surface area contributed by atoms with Crippen LogP contribution in [0.15, 0.2) is 28.7 Å². The molecule has 48 heavy (non-hydrogen) atoms. The topological polar surface area (TPSA) is 266 Å². The predicted molar refractivity (Wildman–Crippen MR) is 162 cm³/mol. The number of aliphatic hydroxyl groups excluding tert-OH is 2. The van der Waals surface area contributed by atoms with Gasteiger partial charge in [-0.05, 0) is 60.0 Å². The summed E-state index contributed by atoms with van der Waals surface area (Å²) in [6.07, 6.45) is -2.57. The molecule has 0 saturated carbocycles. The van der Waals surface area contributed by atoms with E-state index in [0.29, 0.717) is 0 Å². The number of carbonyl (C=O) groups is 6. The molecular formula is C31H37FN4O12. The standard InChI is InChI=1S/C31H37FN4O12/c1-30(2,3)48-29(46)35-15(28(44)45)6-7-17(37)34-16-10-14(32)12-8-11-9-13-21(36(4)5)24(40)20(27(33)43)26(42)31(13,47)25(41)18(11)23(39)19(12)22(16)38/h10-11,13,15,21,38,40-41,47H,6-9H2,1-5H3,(H2,33,43)(H,34,37)(H,35,46)(H,44,45)/t11-,13-,15-,21-,31-/m0/s1. The van der Waals surface area contributed by atoms with Crippen molar-refractivity contribution in [2.75, 3.05) is 19.4 Å². The molecule has 0 heterocycles. The molecule has 3 amide bonds. The number of anilines is 1. The summed E-state index contributed by atoms with van der Waals surface area (Å²) in [6.45, 7) is 4.69.